The molecule has 0 unspecified atom stereocenters. The molecule has 0 bridgehead atoms. The summed E-state index contributed by atoms with van der Waals surface area (Å²) in [6.45, 7) is 0. The normalized spacial score (nSPS) is 10.1. The van der Waals surface area contributed by atoms with E-state index in [-0.39, 0.29) is 5.97 Å². The van der Waals surface area contributed by atoms with Crippen LogP contribution in [0.1, 0.15) is 15.9 Å². The summed E-state index contributed by atoms with van der Waals surface area (Å²) >= 11 is 0. The van der Waals surface area contributed by atoms with E-state index in [0.717, 1.165) is 5.56 Å². The number of rotatable bonds is 3. The lowest BCUT2D eigenvalue weighted by molar-refractivity contribution is -0.104. The van der Waals surface area contributed by atoms with E-state index in [0.29, 0.717) is 11.8 Å². The van der Waals surface area contributed by atoms with E-state index < -0.39 is 0 Å². The second-order valence-electron chi connectivity index (χ2n) is 2.61. The molecule has 72 valence electrons. The van der Waals surface area contributed by atoms with Gasteiger partial charge in [0.15, 0.2) is 0 Å². The van der Waals surface area contributed by atoms with Crippen molar-refractivity contribution in [2.45, 2.75) is 0 Å². The van der Waals surface area contributed by atoms with Crippen LogP contribution in [0.5, 0.6) is 0 Å². The van der Waals surface area contributed by atoms with Gasteiger partial charge >= 0.3 is 5.97 Å². The van der Waals surface area contributed by atoms with Gasteiger partial charge in [-0.2, -0.15) is 0 Å². The highest BCUT2D eigenvalue weighted by Crippen LogP contribution is 2.07. The van der Waals surface area contributed by atoms with Gasteiger partial charge in [-0.05, 0) is 23.8 Å². The molecule has 1 rings (SSSR count). The average molecular weight is 190 g/mol. The second kappa shape index (κ2) is 4.97. The molecule has 0 aliphatic carbocycles. The summed E-state index contributed by atoms with van der Waals surface area (Å²) in [4.78, 5) is 21.2. The van der Waals surface area contributed by atoms with Crippen molar-refractivity contribution < 1.29 is 14.3 Å². The minimum Gasteiger partial charge on any atom is -0.465 e. The number of hydrogen-bond donors (Lipinski definition) is 0. The highest BCUT2D eigenvalue weighted by atomic mass is 16.5. The van der Waals surface area contributed by atoms with Crippen LogP contribution < -0.4 is 0 Å². The molecular weight excluding hydrogens is 180 g/mol. The maximum Gasteiger partial charge on any atom is 0.337 e. The number of benzene rings is 1. The van der Waals surface area contributed by atoms with E-state index >= 15 is 0 Å². The highest BCUT2D eigenvalue weighted by Gasteiger charge is 2.03. The van der Waals surface area contributed by atoms with E-state index in [1.54, 1.807) is 30.3 Å². The van der Waals surface area contributed by atoms with Crippen LogP contribution >= 0.6 is 0 Å². The first kappa shape index (κ1) is 10.2. The predicted octanol–water partition coefficient (Wildman–Crippen LogP) is 1.69. The summed E-state index contributed by atoms with van der Waals surface area (Å²) in [6.07, 6.45) is 3.68. The molecule has 0 aliphatic rings. The van der Waals surface area contributed by atoms with Gasteiger partial charge in [0, 0.05) is 0 Å². The molecule has 0 aromatic heterocycles. The third kappa shape index (κ3) is 2.55. The summed E-state index contributed by atoms with van der Waals surface area (Å²) < 4.78 is 4.56. The quantitative estimate of drug-likeness (QED) is 0.414. The average Bonchev–Trinajstić information content (AvgIpc) is 2.25. The third-order valence-corrected chi connectivity index (χ3v) is 1.67. The number of ether oxygens (including phenoxy) is 1. The van der Waals surface area contributed by atoms with Gasteiger partial charge in [-0.3, -0.25) is 4.79 Å². The standard InChI is InChI=1S/C11H10O3/c1-14-11(13)10-6-2-4-9(8-10)5-3-7-12/h2-8H,1H3. The zero-order valence-electron chi connectivity index (χ0n) is 7.77. The number of carbonyl (C=O) groups excluding carboxylic acids is 2. The summed E-state index contributed by atoms with van der Waals surface area (Å²) in [5.41, 5.74) is 1.26. The Bertz CT molecular complexity index is 367. The number of allylic oxidation sites excluding steroid dienone is 1. The van der Waals surface area contributed by atoms with Crippen LogP contribution in [0.4, 0.5) is 0 Å². The van der Waals surface area contributed by atoms with Crippen LogP contribution in [-0.2, 0) is 9.53 Å². The molecule has 1 aromatic rings. The smallest absolute Gasteiger partial charge is 0.337 e. The van der Waals surface area contributed by atoms with Gasteiger partial charge in [-0.25, -0.2) is 4.79 Å². The number of methoxy groups -OCH3 is 1. The van der Waals surface area contributed by atoms with Crippen molar-refractivity contribution in [1.29, 1.82) is 0 Å². The Morgan fingerprint density at radius 1 is 1.43 bits per heavy atom. The maximum absolute atomic E-state index is 11.1. The molecule has 0 saturated heterocycles. The van der Waals surface area contributed by atoms with E-state index in [9.17, 15) is 9.59 Å². The van der Waals surface area contributed by atoms with Crippen LogP contribution in [0.25, 0.3) is 6.08 Å². The van der Waals surface area contributed by atoms with Crippen molar-refractivity contribution in [3.05, 3.63) is 41.5 Å². The van der Waals surface area contributed by atoms with Crippen LogP contribution in [0.2, 0.25) is 0 Å². The fourth-order valence-electron chi connectivity index (χ4n) is 1.04. The van der Waals surface area contributed by atoms with E-state index in [1.165, 1.54) is 13.2 Å². The van der Waals surface area contributed by atoms with E-state index in [4.69, 9.17) is 0 Å². The van der Waals surface area contributed by atoms with Gasteiger partial charge in [-0.15, -0.1) is 0 Å². The van der Waals surface area contributed by atoms with Crippen molar-refractivity contribution >= 4 is 18.3 Å². The topological polar surface area (TPSA) is 43.4 Å². The first-order valence-electron chi connectivity index (χ1n) is 4.08. The fraction of sp³-hybridized carbons (Fsp3) is 0.0909. The molecule has 3 heteroatoms. The number of aldehydes is 1. The molecule has 0 heterocycles. The molecule has 0 N–H and O–H groups in total. The number of esters is 1. The van der Waals surface area contributed by atoms with Crippen LogP contribution in [0, 0.1) is 0 Å². The van der Waals surface area contributed by atoms with Crippen molar-refractivity contribution in [3.63, 3.8) is 0 Å². The number of hydrogen-bond acceptors (Lipinski definition) is 3. The summed E-state index contributed by atoms with van der Waals surface area (Å²) in [7, 11) is 1.33. The Hall–Kier alpha value is -1.90. The molecule has 0 atom stereocenters. The highest BCUT2D eigenvalue weighted by molar-refractivity contribution is 5.90. The Morgan fingerprint density at radius 2 is 2.21 bits per heavy atom. The van der Waals surface area contributed by atoms with Crippen LogP contribution in [0.3, 0.4) is 0 Å². The first-order chi connectivity index (χ1) is 6.77. The van der Waals surface area contributed by atoms with Gasteiger partial charge in [-0.1, -0.05) is 18.2 Å². The zero-order valence-corrected chi connectivity index (χ0v) is 7.77. The van der Waals surface area contributed by atoms with E-state index in [1.807, 2.05) is 0 Å². The molecule has 0 fully saturated rings. The lowest BCUT2D eigenvalue weighted by Gasteiger charge is -1.99. The lowest BCUT2D eigenvalue weighted by atomic mass is 10.1. The van der Waals surface area contributed by atoms with Crippen molar-refractivity contribution in [1.82, 2.24) is 0 Å². The summed E-state index contributed by atoms with van der Waals surface area (Å²) in [5, 5.41) is 0. The monoisotopic (exact) mass is 190 g/mol. The Labute approximate surface area is 82.0 Å². The van der Waals surface area contributed by atoms with Crippen molar-refractivity contribution in [3.8, 4) is 0 Å². The predicted molar refractivity (Wildman–Crippen MR) is 52.9 cm³/mol. The van der Waals surface area contributed by atoms with Crippen molar-refractivity contribution in [2.24, 2.45) is 0 Å². The molecule has 0 amide bonds. The molecule has 0 spiro atoms. The van der Waals surface area contributed by atoms with Gasteiger partial charge in [0.05, 0.1) is 12.7 Å². The zero-order chi connectivity index (χ0) is 10.4. The van der Waals surface area contributed by atoms with E-state index in [2.05, 4.69) is 4.74 Å². The SMILES string of the molecule is COC(=O)c1cccc(C=CC=O)c1. The second-order valence-corrected chi connectivity index (χ2v) is 2.61. The van der Waals surface area contributed by atoms with Crippen molar-refractivity contribution in [2.75, 3.05) is 7.11 Å². The van der Waals surface area contributed by atoms with Gasteiger partial charge in [0.1, 0.15) is 6.29 Å². The summed E-state index contributed by atoms with van der Waals surface area (Å²) in [5.74, 6) is -0.383. The molecular formula is C11H10O3. The maximum atomic E-state index is 11.1. The fourth-order valence-corrected chi connectivity index (χ4v) is 1.04. The number of carbonyl (C=O) groups is 2. The van der Waals surface area contributed by atoms with Gasteiger partial charge in [0.2, 0.25) is 0 Å². The van der Waals surface area contributed by atoms with Crippen LogP contribution in [0.15, 0.2) is 30.3 Å². The molecule has 0 aliphatic heterocycles. The molecule has 1 aromatic carbocycles. The first-order valence-corrected chi connectivity index (χ1v) is 4.08. The molecule has 0 saturated carbocycles. The third-order valence-electron chi connectivity index (χ3n) is 1.67. The minimum atomic E-state index is -0.383. The molecule has 0 radical (unpaired) electrons. The Morgan fingerprint density at radius 3 is 2.86 bits per heavy atom. The lowest BCUT2D eigenvalue weighted by Crippen LogP contribution is -2.00. The van der Waals surface area contributed by atoms with Gasteiger partial charge in [0.25, 0.3) is 0 Å². The Balaban J connectivity index is 2.94. The molecule has 3 nitrogen and oxygen atoms in total. The largest absolute Gasteiger partial charge is 0.465 e. The van der Waals surface area contributed by atoms with Gasteiger partial charge < -0.3 is 4.74 Å². The molecule has 14 heavy (non-hydrogen) atoms. The Kier molecular flexibility index (Phi) is 3.61. The minimum absolute atomic E-state index is 0.383. The van der Waals surface area contributed by atoms with Crippen LogP contribution in [-0.4, -0.2) is 19.4 Å². The summed E-state index contributed by atoms with van der Waals surface area (Å²) in [6, 6.07) is 6.85.